The van der Waals surface area contributed by atoms with Crippen molar-refractivity contribution in [1.29, 1.82) is 0 Å². The Kier molecular flexibility index (Phi) is 6.69. The monoisotopic (exact) mass is 457 g/mol. The normalized spacial score (nSPS) is 13.5. The third-order valence-electron chi connectivity index (χ3n) is 4.95. The van der Waals surface area contributed by atoms with Gasteiger partial charge in [-0.05, 0) is 54.8 Å². The highest BCUT2D eigenvalue weighted by molar-refractivity contribution is 9.10. The Labute approximate surface area is 179 Å². The van der Waals surface area contributed by atoms with Gasteiger partial charge in [-0.2, -0.15) is 0 Å². The van der Waals surface area contributed by atoms with Crippen LogP contribution in [0, 0.1) is 6.92 Å². The maximum absolute atomic E-state index is 12.5. The molecule has 1 fully saturated rings. The SMILES string of the molecule is Cc1cc(Br)ccc1NC(=O)CN(C)C(=O)Cc1ccc(N2CCCC2=O)cc1. The summed E-state index contributed by atoms with van der Waals surface area (Å²) in [7, 11) is 1.62. The van der Waals surface area contributed by atoms with Gasteiger partial charge in [-0.1, -0.05) is 28.1 Å². The zero-order valence-corrected chi connectivity index (χ0v) is 18.2. The topological polar surface area (TPSA) is 69.7 Å². The Morgan fingerprint density at radius 1 is 1.17 bits per heavy atom. The van der Waals surface area contributed by atoms with E-state index in [0.717, 1.165) is 39.9 Å². The Morgan fingerprint density at radius 2 is 1.90 bits per heavy atom. The molecule has 2 aromatic carbocycles. The van der Waals surface area contributed by atoms with Gasteiger partial charge in [-0.25, -0.2) is 0 Å². The van der Waals surface area contributed by atoms with Gasteiger partial charge in [-0.15, -0.1) is 0 Å². The molecule has 1 saturated heterocycles. The van der Waals surface area contributed by atoms with Gasteiger partial charge in [0.05, 0.1) is 13.0 Å². The molecule has 3 rings (SSSR count). The number of hydrogen-bond donors (Lipinski definition) is 1. The molecule has 152 valence electrons. The average molecular weight is 458 g/mol. The predicted octanol–water partition coefficient (Wildman–Crippen LogP) is 3.52. The predicted molar refractivity (Wildman–Crippen MR) is 117 cm³/mol. The highest BCUT2D eigenvalue weighted by Crippen LogP contribution is 2.22. The summed E-state index contributed by atoms with van der Waals surface area (Å²) >= 11 is 3.39. The van der Waals surface area contributed by atoms with Gasteiger partial charge in [0.25, 0.3) is 0 Å². The smallest absolute Gasteiger partial charge is 0.243 e. The van der Waals surface area contributed by atoms with Crippen molar-refractivity contribution in [2.75, 3.05) is 30.4 Å². The molecular weight excluding hydrogens is 434 g/mol. The second-order valence-electron chi connectivity index (χ2n) is 7.25. The molecule has 0 aliphatic carbocycles. The molecule has 1 heterocycles. The summed E-state index contributed by atoms with van der Waals surface area (Å²) in [5.74, 6) is -0.243. The molecule has 0 unspecified atom stereocenters. The highest BCUT2D eigenvalue weighted by atomic mass is 79.9. The van der Waals surface area contributed by atoms with Crippen LogP contribution in [-0.2, 0) is 20.8 Å². The van der Waals surface area contributed by atoms with E-state index in [1.807, 2.05) is 49.4 Å². The lowest BCUT2D eigenvalue weighted by molar-refractivity contribution is -0.132. The molecule has 0 aromatic heterocycles. The van der Waals surface area contributed by atoms with Gasteiger partial charge in [0.1, 0.15) is 0 Å². The van der Waals surface area contributed by atoms with Crippen LogP contribution in [0.15, 0.2) is 46.9 Å². The van der Waals surface area contributed by atoms with Gasteiger partial charge in [-0.3, -0.25) is 14.4 Å². The van der Waals surface area contributed by atoms with E-state index in [0.29, 0.717) is 6.42 Å². The number of aryl methyl sites for hydroxylation is 1. The first-order valence-electron chi connectivity index (χ1n) is 9.53. The van der Waals surface area contributed by atoms with E-state index < -0.39 is 0 Å². The van der Waals surface area contributed by atoms with E-state index in [2.05, 4.69) is 21.2 Å². The van der Waals surface area contributed by atoms with Gasteiger partial charge < -0.3 is 15.1 Å². The quantitative estimate of drug-likeness (QED) is 0.720. The third-order valence-corrected chi connectivity index (χ3v) is 5.44. The van der Waals surface area contributed by atoms with Crippen molar-refractivity contribution in [2.45, 2.75) is 26.2 Å². The van der Waals surface area contributed by atoms with E-state index in [9.17, 15) is 14.4 Å². The van der Waals surface area contributed by atoms with Crippen molar-refractivity contribution in [1.82, 2.24) is 4.90 Å². The fraction of sp³-hybridized carbons (Fsp3) is 0.318. The minimum absolute atomic E-state index is 0.0191. The number of hydrogen-bond acceptors (Lipinski definition) is 3. The van der Waals surface area contributed by atoms with Crippen LogP contribution in [-0.4, -0.2) is 42.8 Å². The Balaban J connectivity index is 1.53. The minimum Gasteiger partial charge on any atom is -0.336 e. The minimum atomic E-state index is -0.242. The van der Waals surface area contributed by atoms with Crippen LogP contribution in [0.25, 0.3) is 0 Å². The van der Waals surface area contributed by atoms with Gasteiger partial charge >= 0.3 is 0 Å². The summed E-state index contributed by atoms with van der Waals surface area (Å²) in [4.78, 5) is 39.8. The molecule has 6 nitrogen and oxygen atoms in total. The van der Waals surface area contributed by atoms with Crippen LogP contribution in [0.3, 0.4) is 0 Å². The van der Waals surface area contributed by atoms with Crippen LogP contribution in [0.2, 0.25) is 0 Å². The first-order chi connectivity index (χ1) is 13.8. The second-order valence-corrected chi connectivity index (χ2v) is 8.17. The number of nitrogens with zero attached hydrogens (tertiary/aromatic N) is 2. The first-order valence-corrected chi connectivity index (χ1v) is 10.3. The number of amides is 3. The van der Waals surface area contributed by atoms with E-state index in [1.54, 1.807) is 11.9 Å². The molecule has 0 atom stereocenters. The maximum Gasteiger partial charge on any atom is 0.243 e. The molecule has 1 aliphatic heterocycles. The Bertz CT molecular complexity index is 927. The van der Waals surface area contributed by atoms with E-state index >= 15 is 0 Å². The number of rotatable bonds is 6. The molecule has 0 saturated carbocycles. The number of carbonyl (C=O) groups is 3. The molecule has 29 heavy (non-hydrogen) atoms. The highest BCUT2D eigenvalue weighted by Gasteiger charge is 2.21. The molecule has 1 N–H and O–H groups in total. The fourth-order valence-electron chi connectivity index (χ4n) is 3.29. The van der Waals surface area contributed by atoms with Crippen LogP contribution in [0.1, 0.15) is 24.0 Å². The lowest BCUT2D eigenvalue weighted by atomic mass is 10.1. The fourth-order valence-corrected chi connectivity index (χ4v) is 3.76. The van der Waals surface area contributed by atoms with Crippen molar-refractivity contribution in [3.8, 4) is 0 Å². The number of halogens is 1. The molecule has 7 heteroatoms. The zero-order chi connectivity index (χ0) is 21.0. The first kappa shape index (κ1) is 21.0. The summed E-state index contributed by atoms with van der Waals surface area (Å²) in [5, 5.41) is 2.84. The van der Waals surface area contributed by atoms with Gasteiger partial charge in [0, 0.05) is 35.9 Å². The number of nitrogens with one attached hydrogen (secondary N) is 1. The number of benzene rings is 2. The molecular formula is C22H24BrN3O3. The Hall–Kier alpha value is -2.67. The van der Waals surface area contributed by atoms with E-state index in [4.69, 9.17) is 0 Å². The number of carbonyl (C=O) groups excluding carboxylic acids is 3. The van der Waals surface area contributed by atoms with E-state index in [-0.39, 0.29) is 30.7 Å². The average Bonchev–Trinajstić information content (AvgIpc) is 3.10. The van der Waals surface area contributed by atoms with E-state index in [1.165, 1.54) is 4.90 Å². The van der Waals surface area contributed by atoms with Crippen molar-refractivity contribution in [3.05, 3.63) is 58.1 Å². The summed E-state index contributed by atoms with van der Waals surface area (Å²) in [6.45, 7) is 2.64. The zero-order valence-electron chi connectivity index (χ0n) is 16.6. The molecule has 2 aromatic rings. The lowest BCUT2D eigenvalue weighted by Crippen LogP contribution is -2.35. The lowest BCUT2D eigenvalue weighted by Gasteiger charge is -2.18. The second kappa shape index (κ2) is 9.22. The summed E-state index contributed by atoms with van der Waals surface area (Å²) in [6, 6.07) is 13.1. The molecule has 0 radical (unpaired) electrons. The number of anilines is 2. The van der Waals surface area contributed by atoms with Crippen LogP contribution in [0.4, 0.5) is 11.4 Å². The molecule has 3 amide bonds. The maximum atomic E-state index is 12.5. The third kappa shape index (κ3) is 5.44. The molecule has 0 spiro atoms. The molecule has 1 aliphatic rings. The Morgan fingerprint density at radius 3 is 2.52 bits per heavy atom. The van der Waals surface area contributed by atoms with Crippen molar-refractivity contribution in [3.63, 3.8) is 0 Å². The van der Waals surface area contributed by atoms with Crippen molar-refractivity contribution in [2.24, 2.45) is 0 Å². The largest absolute Gasteiger partial charge is 0.336 e. The van der Waals surface area contributed by atoms with Crippen molar-refractivity contribution < 1.29 is 14.4 Å². The van der Waals surface area contributed by atoms with Crippen molar-refractivity contribution >= 4 is 45.0 Å². The standard InChI is InChI=1S/C22H24BrN3O3/c1-15-12-17(23)7-10-19(15)24-20(27)14-25(2)22(29)13-16-5-8-18(9-6-16)26-11-3-4-21(26)28/h5-10,12H,3-4,11,13-14H2,1-2H3,(H,24,27). The summed E-state index contributed by atoms with van der Waals surface area (Å²) in [6.07, 6.45) is 1.67. The van der Waals surface area contributed by atoms with Crippen LogP contribution in [0.5, 0.6) is 0 Å². The van der Waals surface area contributed by atoms with Crippen LogP contribution >= 0.6 is 15.9 Å². The van der Waals surface area contributed by atoms with Gasteiger partial charge in [0.15, 0.2) is 0 Å². The summed E-state index contributed by atoms with van der Waals surface area (Å²) in [5.41, 5.74) is 3.38. The van der Waals surface area contributed by atoms with Crippen LogP contribution < -0.4 is 10.2 Å². The van der Waals surface area contributed by atoms with Gasteiger partial charge in [0.2, 0.25) is 17.7 Å². The summed E-state index contributed by atoms with van der Waals surface area (Å²) < 4.78 is 0.945. The molecule has 0 bridgehead atoms. The number of likely N-dealkylation sites (N-methyl/N-ethyl adjacent to an activating group) is 1.